The van der Waals surface area contributed by atoms with E-state index in [1.807, 2.05) is 6.07 Å². The van der Waals surface area contributed by atoms with E-state index in [1.54, 1.807) is 24.3 Å². The maximum absolute atomic E-state index is 13.4. The van der Waals surface area contributed by atoms with Gasteiger partial charge in [-0.05, 0) is 25.0 Å². The highest BCUT2D eigenvalue weighted by molar-refractivity contribution is 7.49. The van der Waals surface area contributed by atoms with E-state index < -0.39 is 13.8 Å². The van der Waals surface area contributed by atoms with Crippen LogP contribution in [0.4, 0.5) is 0 Å². The molecule has 0 radical (unpaired) electrons. The Bertz CT molecular complexity index is 807. The first-order chi connectivity index (χ1) is 21.6. The van der Waals surface area contributed by atoms with Gasteiger partial charge in [0, 0.05) is 6.42 Å². The zero-order valence-corrected chi connectivity index (χ0v) is 30.5. The van der Waals surface area contributed by atoms with Gasteiger partial charge in [0.1, 0.15) is 5.75 Å². The molecule has 1 atom stereocenters. The second kappa shape index (κ2) is 32.6. The second-order valence-electron chi connectivity index (χ2n) is 12.7. The number of benzene rings is 1. The minimum atomic E-state index is -4.02. The molecule has 0 saturated heterocycles. The van der Waals surface area contributed by atoms with Crippen molar-refractivity contribution < 1.29 is 22.9 Å². The molecule has 0 aliphatic carbocycles. The van der Waals surface area contributed by atoms with Crippen LogP contribution in [0.3, 0.4) is 0 Å². The quantitative estimate of drug-likeness (QED) is 0.0599. The Kier molecular flexibility index (Phi) is 31.6. The molecule has 0 amide bonds. The molecule has 0 saturated carbocycles. The van der Waals surface area contributed by atoms with Gasteiger partial charge in [-0.1, -0.05) is 193 Å². The zero-order chi connectivity index (χ0) is 31.8. The molecule has 0 aliphatic heterocycles. The number of phosphoric ester groups is 1. The lowest BCUT2D eigenvalue weighted by atomic mass is 10.0. The van der Waals surface area contributed by atoms with E-state index in [0.29, 0.717) is 5.75 Å². The third-order valence-corrected chi connectivity index (χ3v) is 9.77. The normalized spacial score (nSPS) is 12.4. The Morgan fingerprint density at radius 3 is 1.29 bits per heavy atom. The van der Waals surface area contributed by atoms with Crippen LogP contribution < -0.4 is 10.7 Å². The van der Waals surface area contributed by atoms with Crippen molar-refractivity contribution in [2.75, 3.05) is 6.61 Å². The van der Waals surface area contributed by atoms with Crippen LogP contribution in [0.2, 0.25) is 0 Å². The Labute approximate surface area is 278 Å². The first-order valence-electron chi connectivity index (χ1n) is 18.8. The molecule has 3 N–H and O–H groups in total. The van der Waals surface area contributed by atoms with Gasteiger partial charge in [0.25, 0.3) is 0 Å². The van der Waals surface area contributed by atoms with Gasteiger partial charge in [-0.25, -0.2) is 4.57 Å². The molecule has 1 rings (SSSR count). The molecular formula is C38H72NO5P. The van der Waals surface area contributed by atoms with Gasteiger partial charge in [0.2, 0.25) is 0 Å². The Morgan fingerprint density at radius 2 is 0.889 bits per heavy atom. The molecule has 1 aromatic rings. The number of hydrogen-bond donors (Lipinski definition) is 1. The van der Waals surface area contributed by atoms with E-state index in [0.717, 1.165) is 38.5 Å². The van der Waals surface area contributed by atoms with E-state index in [1.165, 1.54) is 135 Å². The number of hydrogen-bond acceptors (Lipinski definition) is 6. The van der Waals surface area contributed by atoms with E-state index in [9.17, 15) is 9.36 Å². The monoisotopic (exact) mass is 654 g/mol. The van der Waals surface area contributed by atoms with Crippen molar-refractivity contribution in [2.24, 2.45) is 0 Å². The summed E-state index contributed by atoms with van der Waals surface area (Å²) in [6, 6.07) is 8.84. The summed E-state index contributed by atoms with van der Waals surface area (Å²) in [7, 11) is -4.02. The van der Waals surface area contributed by atoms with E-state index >= 15 is 0 Å². The summed E-state index contributed by atoms with van der Waals surface area (Å²) in [5.74, 6) is -0.126. The van der Waals surface area contributed by atoms with Crippen LogP contribution in [0, 0.1) is 0 Å². The van der Waals surface area contributed by atoms with Gasteiger partial charge in [-0.2, -0.15) is 0 Å². The standard InChI is InChI=1S/C38H69O5P.H3N/c1-3-5-7-9-11-13-15-17-18-19-20-22-24-26-31-35-38(39)43-44(40,42-37-33-29-28-30-34-37)41-36-32-27-25-23-21-16-14-12-10-8-6-4-2;/h28-30,33-34H,3-27,31-32,35-36H2,1-2H3;1H3. The highest BCUT2D eigenvalue weighted by atomic mass is 31.2. The fourth-order valence-electron chi connectivity index (χ4n) is 5.61. The molecular weight excluding hydrogens is 581 g/mol. The smallest absolute Gasteiger partial charge is 0.395 e. The van der Waals surface area contributed by atoms with E-state index in [-0.39, 0.29) is 19.2 Å². The third kappa shape index (κ3) is 28.6. The van der Waals surface area contributed by atoms with Gasteiger partial charge < -0.3 is 15.2 Å². The van der Waals surface area contributed by atoms with Crippen LogP contribution in [0.25, 0.3) is 0 Å². The molecule has 0 spiro atoms. The summed E-state index contributed by atoms with van der Waals surface area (Å²) in [4.78, 5) is 12.6. The molecule has 1 aromatic carbocycles. The third-order valence-electron chi connectivity index (χ3n) is 8.41. The summed E-state index contributed by atoms with van der Waals surface area (Å²) in [6.45, 7) is 4.79. The predicted molar refractivity (Wildman–Crippen MR) is 192 cm³/mol. The SMILES string of the molecule is CCCCCCCCCCCCCCCCCC(=O)OP(=O)(OCCCCCCCCCCCCCC)Oc1ccccc1.N. The lowest BCUT2D eigenvalue weighted by Crippen LogP contribution is -2.09. The number of rotatable bonds is 33. The number of carbonyl (C=O) groups excluding carboxylic acids is 1. The van der Waals surface area contributed by atoms with Crippen molar-refractivity contribution in [2.45, 2.75) is 194 Å². The fourth-order valence-corrected chi connectivity index (χ4v) is 6.83. The van der Waals surface area contributed by atoms with Crippen molar-refractivity contribution in [1.29, 1.82) is 0 Å². The number of para-hydroxylation sites is 1. The van der Waals surface area contributed by atoms with Crippen molar-refractivity contribution >= 4 is 13.8 Å². The molecule has 0 aromatic heterocycles. The minimum Gasteiger partial charge on any atom is -0.395 e. The maximum Gasteiger partial charge on any atom is 0.589 e. The van der Waals surface area contributed by atoms with Gasteiger partial charge in [0.05, 0.1) is 6.61 Å². The van der Waals surface area contributed by atoms with Crippen molar-refractivity contribution in [3.05, 3.63) is 30.3 Å². The maximum atomic E-state index is 13.4. The number of phosphoric acid groups is 1. The molecule has 0 bridgehead atoms. The molecule has 6 nitrogen and oxygen atoms in total. The highest BCUT2D eigenvalue weighted by Crippen LogP contribution is 2.50. The van der Waals surface area contributed by atoms with Gasteiger partial charge >= 0.3 is 13.8 Å². The predicted octanol–water partition coefficient (Wildman–Crippen LogP) is 13.9. The van der Waals surface area contributed by atoms with Gasteiger partial charge in [-0.15, -0.1) is 0 Å². The van der Waals surface area contributed by atoms with Crippen LogP contribution in [-0.2, 0) is 18.4 Å². The van der Waals surface area contributed by atoms with Crippen LogP contribution in [-0.4, -0.2) is 12.6 Å². The topological polar surface area (TPSA) is 96.8 Å². The van der Waals surface area contributed by atoms with Crippen LogP contribution in [0.5, 0.6) is 5.75 Å². The largest absolute Gasteiger partial charge is 0.589 e. The molecule has 7 heteroatoms. The van der Waals surface area contributed by atoms with Gasteiger partial charge in [-0.3, -0.25) is 9.32 Å². The summed E-state index contributed by atoms with van der Waals surface area (Å²) < 4.78 is 29.9. The average molecular weight is 654 g/mol. The average Bonchev–Trinajstić information content (AvgIpc) is 3.01. The first kappa shape index (κ1) is 43.6. The summed E-state index contributed by atoms with van der Waals surface area (Å²) in [6.07, 6.45) is 34.2. The lowest BCUT2D eigenvalue weighted by Gasteiger charge is -2.18. The van der Waals surface area contributed by atoms with Gasteiger partial charge in [0.15, 0.2) is 0 Å². The van der Waals surface area contributed by atoms with Crippen LogP contribution in [0.15, 0.2) is 30.3 Å². The first-order valence-corrected chi connectivity index (χ1v) is 20.3. The second-order valence-corrected chi connectivity index (χ2v) is 14.3. The van der Waals surface area contributed by atoms with Crippen molar-refractivity contribution in [3.8, 4) is 5.75 Å². The summed E-state index contributed by atoms with van der Waals surface area (Å²) in [5.41, 5.74) is 0. The molecule has 0 aliphatic rings. The fraction of sp³-hybridized carbons (Fsp3) is 0.816. The molecule has 0 fully saturated rings. The number of unbranched alkanes of at least 4 members (excludes halogenated alkanes) is 25. The lowest BCUT2D eigenvalue weighted by molar-refractivity contribution is -0.136. The molecule has 264 valence electrons. The summed E-state index contributed by atoms with van der Waals surface area (Å²) in [5, 5.41) is 0. The minimum absolute atomic E-state index is 0. The molecule has 1 unspecified atom stereocenters. The zero-order valence-electron chi connectivity index (χ0n) is 29.6. The Balaban J connectivity index is 0.0000194. The Hall–Kier alpha value is -1.36. The van der Waals surface area contributed by atoms with Crippen molar-refractivity contribution in [1.82, 2.24) is 6.15 Å². The van der Waals surface area contributed by atoms with E-state index in [4.69, 9.17) is 13.6 Å². The van der Waals surface area contributed by atoms with Crippen LogP contribution in [0.1, 0.15) is 194 Å². The molecule has 45 heavy (non-hydrogen) atoms. The van der Waals surface area contributed by atoms with Crippen molar-refractivity contribution in [3.63, 3.8) is 0 Å². The van der Waals surface area contributed by atoms with Crippen LogP contribution >= 0.6 is 7.82 Å². The summed E-state index contributed by atoms with van der Waals surface area (Å²) >= 11 is 0. The molecule has 0 heterocycles. The number of carbonyl (C=O) groups is 1. The van der Waals surface area contributed by atoms with E-state index in [2.05, 4.69) is 13.8 Å². The Morgan fingerprint density at radius 1 is 0.533 bits per heavy atom. The highest BCUT2D eigenvalue weighted by Gasteiger charge is 2.32.